The average molecular weight is 454 g/mol. The van der Waals surface area contributed by atoms with Gasteiger partial charge in [-0.3, -0.25) is 0 Å². The number of benzene rings is 1. The third-order valence-corrected chi connectivity index (χ3v) is 5.83. The van der Waals surface area contributed by atoms with Crippen molar-refractivity contribution in [3.63, 3.8) is 0 Å². The van der Waals surface area contributed by atoms with Crippen LogP contribution < -0.4 is 0 Å². The number of hydrogen-bond acceptors (Lipinski definition) is 6. The highest BCUT2D eigenvalue weighted by Crippen LogP contribution is 2.37. The van der Waals surface area contributed by atoms with Crippen molar-refractivity contribution in [1.29, 1.82) is 0 Å². The molecule has 2 fully saturated rings. The SMILES string of the molecule is COCc1nc(C2CC(c3ccc(C(F)(F)F)cc3)CN(C(=O)N3CCOCC3)C2)no1. The number of hydrogen-bond donors (Lipinski definition) is 0. The van der Waals surface area contributed by atoms with Crippen LogP contribution >= 0.6 is 0 Å². The van der Waals surface area contributed by atoms with Crippen LogP contribution in [0.2, 0.25) is 0 Å². The number of methoxy groups -OCH3 is 1. The van der Waals surface area contributed by atoms with Crippen molar-refractivity contribution >= 4 is 6.03 Å². The van der Waals surface area contributed by atoms with Crippen molar-refractivity contribution in [1.82, 2.24) is 19.9 Å². The number of nitrogens with zero attached hydrogens (tertiary/aromatic N) is 4. The zero-order chi connectivity index (χ0) is 22.7. The summed E-state index contributed by atoms with van der Waals surface area (Å²) in [6.07, 6.45) is -3.81. The van der Waals surface area contributed by atoms with Crippen molar-refractivity contribution in [2.75, 3.05) is 46.5 Å². The Labute approximate surface area is 183 Å². The highest BCUT2D eigenvalue weighted by atomic mass is 19.4. The van der Waals surface area contributed by atoms with Crippen LogP contribution in [-0.2, 0) is 22.3 Å². The molecule has 1 aromatic heterocycles. The van der Waals surface area contributed by atoms with Gasteiger partial charge in [-0.05, 0) is 24.1 Å². The molecular formula is C21H25F3N4O4. The van der Waals surface area contributed by atoms with E-state index in [9.17, 15) is 18.0 Å². The minimum atomic E-state index is -4.39. The molecule has 11 heteroatoms. The Balaban J connectivity index is 1.57. The lowest BCUT2D eigenvalue weighted by Gasteiger charge is -2.40. The number of carbonyl (C=O) groups excluding carboxylic acids is 1. The largest absolute Gasteiger partial charge is 0.416 e. The van der Waals surface area contributed by atoms with Gasteiger partial charge in [0.2, 0.25) is 0 Å². The zero-order valence-electron chi connectivity index (χ0n) is 17.7. The van der Waals surface area contributed by atoms with E-state index in [0.717, 1.165) is 17.7 Å². The molecule has 2 atom stereocenters. The standard InChI is InChI=1S/C21H25F3N4O4/c1-30-13-18-25-19(26-32-18)16-10-15(14-2-4-17(5-3-14)21(22,23)24)11-28(12-16)20(29)27-6-8-31-9-7-27/h2-5,15-16H,6-13H2,1H3. The quantitative estimate of drug-likeness (QED) is 0.706. The summed E-state index contributed by atoms with van der Waals surface area (Å²) in [5, 5.41) is 4.05. The third-order valence-electron chi connectivity index (χ3n) is 5.83. The minimum Gasteiger partial charge on any atom is -0.378 e. The lowest BCUT2D eigenvalue weighted by Crippen LogP contribution is -2.52. The second-order valence-electron chi connectivity index (χ2n) is 8.02. The fourth-order valence-electron chi connectivity index (χ4n) is 4.20. The summed E-state index contributed by atoms with van der Waals surface area (Å²) in [6, 6.07) is 5.02. The van der Waals surface area contributed by atoms with Crippen molar-refractivity contribution in [3.05, 3.63) is 47.1 Å². The van der Waals surface area contributed by atoms with Gasteiger partial charge in [-0.15, -0.1) is 0 Å². The lowest BCUT2D eigenvalue weighted by atomic mass is 9.84. The maximum atomic E-state index is 13.2. The maximum Gasteiger partial charge on any atom is 0.416 e. The number of likely N-dealkylation sites (tertiary alicyclic amines) is 1. The van der Waals surface area contributed by atoms with Gasteiger partial charge in [-0.1, -0.05) is 17.3 Å². The van der Waals surface area contributed by atoms with E-state index in [0.29, 0.717) is 57.5 Å². The Hall–Kier alpha value is -2.66. The van der Waals surface area contributed by atoms with Crippen LogP contribution in [0.1, 0.15) is 41.1 Å². The van der Waals surface area contributed by atoms with E-state index in [1.165, 1.54) is 19.2 Å². The molecule has 0 radical (unpaired) electrons. The molecule has 2 aromatic rings. The molecule has 0 bridgehead atoms. The van der Waals surface area contributed by atoms with Gasteiger partial charge >= 0.3 is 12.2 Å². The van der Waals surface area contributed by atoms with Gasteiger partial charge in [0.25, 0.3) is 5.89 Å². The molecule has 174 valence electrons. The molecular weight excluding hydrogens is 429 g/mol. The summed E-state index contributed by atoms with van der Waals surface area (Å²) in [6.45, 7) is 2.96. The molecule has 8 nitrogen and oxygen atoms in total. The van der Waals surface area contributed by atoms with Crippen molar-refractivity contribution in [3.8, 4) is 0 Å². The van der Waals surface area contributed by atoms with E-state index in [4.69, 9.17) is 14.0 Å². The van der Waals surface area contributed by atoms with Crippen LogP contribution in [0.4, 0.5) is 18.0 Å². The Kier molecular flexibility index (Phi) is 6.66. The Morgan fingerprint density at radius 2 is 1.81 bits per heavy atom. The molecule has 2 aliphatic heterocycles. The molecule has 1 aromatic carbocycles. The van der Waals surface area contributed by atoms with Crippen LogP contribution in [0, 0.1) is 0 Å². The molecule has 0 spiro atoms. The monoisotopic (exact) mass is 454 g/mol. The van der Waals surface area contributed by atoms with Crippen molar-refractivity contribution in [2.45, 2.75) is 31.0 Å². The zero-order valence-corrected chi connectivity index (χ0v) is 17.7. The predicted molar refractivity (Wildman–Crippen MR) is 106 cm³/mol. The fraction of sp³-hybridized carbons (Fsp3) is 0.571. The van der Waals surface area contributed by atoms with E-state index in [-0.39, 0.29) is 24.5 Å². The van der Waals surface area contributed by atoms with Gasteiger partial charge in [-0.25, -0.2) is 4.79 Å². The van der Waals surface area contributed by atoms with Gasteiger partial charge in [0.05, 0.1) is 18.8 Å². The molecule has 0 saturated carbocycles. The molecule has 2 unspecified atom stereocenters. The number of piperidine rings is 1. The van der Waals surface area contributed by atoms with E-state index in [1.54, 1.807) is 9.80 Å². The van der Waals surface area contributed by atoms with Gasteiger partial charge in [-0.2, -0.15) is 18.2 Å². The van der Waals surface area contributed by atoms with E-state index >= 15 is 0 Å². The van der Waals surface area contributed by atoms with Gasteiger partial charge in [0.1, 0.15) is 6.61 Å². The molecule has 0 aliphatic carbocycles. The summed E-state index contributed by atoms with van der Waals surface area (Å²) in [5.41, 5.74) is 0.0420. The first kappa shape index (κ1) is 22.5. The van der Waals surface area contributed by atoms with E-state index in [2.05, 4.69) is 10.1 Å². The Morgan fingerprint density at radius 1 is 1.12 bits per heavy atom. The first-order valence-corrected chi connectivity index (χ1v) is 10.5. The molecule has 32 heavy (non-hydrogen) atoms. The summed E-state index contributed by atoms with van der Waals surface area (Å²) < 4.78 is 54.5. The number of morpholine rings is 1. The normalized spacial score (nSPS) is 22.2. The number of alkyl halides is 3. The Bertz CT molecular complexity index is 913. The number of amides is 2. The Morgan fingerprint density at radius 3 is 2.47 bits per heavy atom. The highest BCUT2D eigenvalue weighted by molar-refractivity contribution is 5.75. The summed E-state index contributed by atoms with van der Waals surface area (Å²) >= 11 is 0. The minimum absolute atomic E-state index is 0.115. The van der Waals surface area contributed by atoms with Crippen LogP contribution in [0.5, 0.6) is 0 Å². The molecule has 2 aliphatic rings. The number of aromatic nitrogens is 2. The average Bonchev–Trinajstić information content (AvgIpc) is 3.27. The van der Waals surface area contributed by atoms with E-state index < -0.39 is 11.7 Å². The predicted octanol–water partition coefficient (Wildman–Crippen LogP) is 3.26. The molecule has 3 heterocycles. The molecule has 2 saturated heterocycles. The summed E-state index contributed by atoms with van der Waals surface area (Å²) in [7, 11) is 1.52. The number of ether oxygens (including phenoxy) is 2. The van der Waals surface area contributed by atoms with Crippen LogP contribution in [0.3, 0.4) is 0 Å². The molecule has 2 amide bonds. The smallest absolute Gasteiger partial charge is 0.378 e. The van der Waals surface area contributed by atoms with Crippen LogP contribution in [0.15, 0.2) is 28.8 Å². The van der Waals surface area contributed by atoms with Gasteiger partial charge < -0.3 is 23.8 Å². The first-order valence-electron chi connectivity index (χ1n) is 10.5. The van der Waals surface area contributed by atoms with Crippen molar-refractivity contribution < 1.29 is 32.0 Å². The first-order chi connectivity index (χ1) is 15.3. The maximum absolute atomic E-state index is 13.2. The second kappa shape index (κ2) is 9.45. The summed E-state index contributed by atoms with van der Waals surface area (Å²) in [4.78, 5) is 21.0. The molecule has 4 rings (SSSR count). The van der Waals surface area contributed by atoms with Crippen LogP contribution in [0.25, 0.3) is 0 Å². The number of rotatable bonds is 4. The number of urea groups is 1. The highest BCUT2D eigenvalue weighted by Gasteiger charge is 2.37. The van der Waals surface area contributed by atoms with Gasteiger partial charge in [0, 0.05) is 45.1 Å². The topological polar surface area (TPSA) is 80.9 Å². The molecule has 0 N–H and O–H groups in total. The third kappa shape index (κ3) is 5.04. The number of halogens is 3. The van der Waals surface area contributed by atoms with E-state index in [1.807, 2.05) is 0 Å². The fourth-order valence-corrected chi connectivity index (χ4v) is 4.20. The second-order valence-corrected chi connectivity index (χ2v) is 8.02. The lowest BCUT2D eigenvalue weighted by molar-refractivity contribution is -0.137. The van der Waals surface area contributed by atoms with Crippen molar-refractivity contribution in [2.24, 2.45) is 0 Å². The number of carbonyl (C=O) groups is 1. The van der Waals surface area contributed by atoms with Crippen LogP contribution in [-0.4, -0.2) is 72.5 Å². The van der Waals surface area contributed by atoms with Gasteiger partial charge in [0.15, 0.2) is 5.82 Å². The summed E-state index contributed by atoms with van der Waals surface area (Å²) in [5.74, 6) is 0.430.